The van der Waals surface area contributed by atoms with E-state index in [1.807, 2.05) is 12.1 Å². The predicted molar refractivity (Wildman–Crippen MR) is 83.7 cm³/mol. The number of methoxy groups -OCH3 is 1. The van der Waals surface area contributed by atoms with Crippen LogP contribution < -0.4 is 14.8 Å². The molecule has 0 aliphatic carbocycles. The van der Waals surface area contributed by atoms with Gasteiger partial charge in [-0.25, -0.2) is 0 Å². The van der Waals surface area contributed by atoms with E-state index < -0.39 is 10.2 Å². The number of benzene rings is 1. The van der Waals surface area contributed by atoms with Crippen LogP contribution in [0.5, 0.6) is 5.75 Å². The van der Waals surface area contributed by atoms with Crippen molar-refractivity contribution in [2.24, 2.45) is 5.73 Å². The van der Waals surface area contributed by atoms with Crippen LogP contribution in [0.2, 0.25) is 0 Å². The Bertz CT molecular complexity index is 556. The van der Waals surface area contributed by atoms with Gasteiger partial charge in [-0.15, -0.1) is 0 Å². The number of nitrogens with zero attached hydrogens (tertiary/aromatic N) is 2. The minimum absolute atomic E-state index is 0.357. The molecule has 1 aliphatic heterocycles. The summed E-state index contributed by atoms with van der Waals surface area (Å²) in [6.07, 6.45) is 2.43. The first-order valence-electron chi connectivity index (χ1n) is 7.22. The Balaban J connectivity index is 2.37. The van der Waals surface area contributed by atoms with Gasteiger partial charge in [-0.05, 0) is 37.9 Å². The number of anilines is 1. The molecule has 118 valence electrons. The van der Waals surface area contributed by atoms with Crippen LogP contribution in [0.25, 0.3) is 0 Å². The van der Waals surface area contributed by atoms with Gasteiger partial charge in [0.1, 0.15) is 5.75 Å². The lowest BCUT2D eigenvalue weighted by Gasteiger charge is -2.29. The fourth-order valence-corrected chi connectivity index (χ4v) is 4.25. The SMILES string of the molecule is COc1ccccc1N(CCCN)S(=O)(=O)N1CCCC1. The van der Waals surface area contributed by atoms with Crippen LogP contribution in [0.4, 0.5) is 5.69 Å². The molecule has 1 aromatic carbocycles. The third kappa shape index (κ3) is 3.48. The Kier molecular flexibility index (Phi) is 5.44. The van der Waals surface area contributed by atoms with E-state index >= 15 is 0 Å². The zero-order chi connectivity index (χ0) is 15.3. The lowest BCUT2D eigenvalue weighted by atomic mass is 10.3. The van der Waals surface area contributed by atoms with Crippen molar-refractivity contribution in [1.82, 2.24) is 4.31 Å². The van der Waals surface area contributed by atoms with Crippen molar-refractivity contribution >= 4 is 15.9 Å². The summed E-state index contributed by atoms with van der Waals surface area (Å²) in [6.45, 7) is 1.96. The molecule has 0 saturated carbocycles. The molecule has 0 spiro atoms. The average Bonchev–Trinajstić information content (AvgIpc) is 3.03. The highest BCUT2D eigenvalue weighted by atomic mass is 32.2. The quantitative estimate of drug-likeness (QED) is 0.820. The van der Waals surface area contributed by atoms with Crippen molar-refractivity contribution in [1.29, 1.82) is 0 Å². The van der Waals surface area contributed by atoms with Crippen LogP contribution in [-0.2, 0) is 10.2 Å². The minimum Gasteiger partial charge on any atom is -0.495 e. The van der Waals surface area contributed by atoms with Gasteiger partial charge in [0.15, 0.2) is 0 Å². The molecule has 7 heteroatoms. The van der Waals surface area contributed by atoms with Crippen LogP contribution in [0.1, 0.15) is 19.3 Å². The van der Waals surface area contributed by atoms with Crippen LogP contribution >= 0.6 is 0 Å². The summed E-state index contributed by atoms with van der Waals surface area (Å²) in [7, 11) is -1.98. The highest BCUT2D eigenvalue weighted by molar-refractivity contribution is 7.90. The van der Waals surface area contributed by atoms with Gasteiger partial charge in [-0.2, -0.15) is 12.7 Å². The van der Waals surface area contributed by atoms with Crippen molar-refractivity contribution in [2.75, 3.05) is 37.6 Å². The van der Waals surface area contributed by atoms with Gasteiger partial charge in [0.05, 0.1) is 12.8 Å². The second-order valence-electron chi connectivity index (χ2n) is 5.00. The standard InChI is InChI=1S/C14H23N3O3S/c1-20-14-8-3-2-7-13(14)17(12-6-9-15)21(18,19)16-10-4-5-11-16/h2-3,7-8H,4-6,9-12,15H2,1H3. The van der Waals surface area contributed by atoms with Crippen molar-refractivity contribution in [2.45, 2.75) is 19.3 Å². The summed E-state index contributed by atoms with van der Waals surface area (Å²) in [4.78, 5) is 0. The largest absolute Gasteiger partial charge is 0.495 e. The molecule has 0 bridgehead atoms. The first-order chi connectivity index (χ1) is 10.1. The van der Waals surface area contributed by atoms with E-state index in [9.17, 15) is 8.42 Å². The summed E-state index contributed by atoms with van der Waals surface area (Å²) < 4.78 is 34.0. The van der Waals surface area contributed by atoms with Gasteiger partial charge in [0.25, 0.3) is 0 Å². The minimum atomic E-state index is -3.53. The Hall–Kier alpha value is -1.31. The lowest BCUT2D eigenvalue weighted by molar-refractivity contribution is 0.414. The third-order valence-electron chi connectivity index (χ3n) is 3.59. The van der Waals surface area contributed by atoms with E-state index in [4.69, 9.17) is 10.5 Å². The zero-order valence-corrected chi connectivity index (χ0v) is 13.2. The summed E-state index contributed by atoms with van der Waals surface area (Å²) in [6, 6.07) is 7.17. The highest BCUT2D eigenvalue weighted by Crippen LogP contribution is 2.31. The number of para-hydroxylation sites is 2. The van der Waals surface area contributed by atoms with Crippen molar-refractivity contribution in [3.05, 3.63) is 24.3 Å². The summed E-state index contributed by atoms with van der Waals surface area (Å²) in [5.74, 6) is 0.553. The van der Waals surface area contributed by atoms with Gasteiger partial charge in [-0.1, -0.05) is 12.1 Å². The molecule has 21 heavy (non-hydrogen) atoms. The maximum absolute atomic E-state index is 12.9. The second-order valence-corrected chi connectivity index (χ2v) is 6.85. The van der Waals surface area contributed by atoms with Crippen molar-refractivity contribution in [3.8, 4) is 5.75 Å². The molecule has 6 nitrogen and oxygen atoms in total. The molecule has 0 radical (unpaired) electrons. The average molecular weight is 313 g/mol. The molecule has 0 aromatic heterocycles. The molecule has 1 aromatic rings. The molecule has 0 unspecified atom stereocenters. The molecule has 0 atom stereocenters. The number of nitrogens with two attached hydrogens (primary N) is 1. The van der Waals surface area contributed by atoms with E-state index in [2.05, 4.69) is 0 Å². The van der Waals surface area contributed by atoms with Gasteiger partial charge in [0.2, 0.25) is 0 Å². The van der Waals surface area contributed by atoms with E-state index in [-0.39, 0.29) is 0 Å². The number of hydrogen-bond donors (Lipinski definition) is 1. The molecule has 2 rings (SSSR count). The molecular formula is C14H23N3O3S. The summed E-state index contributed by atoms with van der Waals surface area (Å²) in [5, 5.41) is 0. The monoisotopic (exact) mass is 313 g/mol. The number of hydrogen-bond acceptors (Lipinski definition) is 4. The summed E-state index contributed by atoms with van der Waals surface area (Å²) >= 11 is 0. The van der Waals surface area contributed by atoms with E-state index in [0.29, 0.717) is 44.0 Å². The maximum atomic E-state index is 12.9. The Morgan fingerprint density at radius 1 is 1.29 bits per heavy atom. The third-order valence-corrected chi connectivity index (χ3v) is 5.54. The second kappa shape index (κ2) is 7.11. The van der Waals surface area contributed by atoms with Gasteiger partial charge in [-0.3, -0.25) is 4.31 Å². The number of rotatable bonds is 7. The molecule has 1 fully saturated rings. The van der Waals surface area contributed by atoms with E-state index in [1.54, 1.807) is 19.2 Å². The van der Waals surface area contributed by atoms with Crippen LogP contribution in [0.3, 0.4) is 0 Å². The fourth-order valence-electron chi connectivity index (χ4n) is 2.49. The van der Waals surface area contributed by atoms with Gasteiger partial charge in [0, 0.05) is 19.6 Å². The Labute approximate surface area is 126 Å². The topological polar surface area (TPSA) is 75.9 Å². The lowest BCUT2D eigenvalue weighted by Crippen LogP contribution is -2.43. The van der Waals surface area contributed by atoms with Crippen LogP contribution in [-0.4, -0.2) is 46.0 Å². The maximum Gasteiger partial charge on any atom is 0.304 e. The Morgan fingerprint density at radius 3 is 2.57 bits per heavy atom. The number of ether oxygens (including phenoxy) is 1. The van der Waals surface area contributed by atoms with Crippen LogP contribution in [0, 0.1) is 0 Å². The highest BCUT2D eigenvalue weighted by Gasteiger charge is 2.32. The van der Waals surface area contributed by atoms with Gasteiger partial charge < -0.3 is 10.5 Å². The van der Waals surface area contributed by atoms with E-state index in [1.165, 1.54) is 8.61 Å². The molecule has 1 aliphatic rings. The molecule has 1 heterocycles. The van der Waals surface area contributed by atoms with E-state index in [0.717, 1.165) is 12.8 Å². The predicted octanol–water partition coefficient (Wildman–Crippen LogP) is 1.19. The first kappa shape index (κ1) is 16.1. The normalized spacial score (nSPS) is 16.1. The molecule has 1 saturated heterocycles. The molecule has 2 N–H and O–H groups in total. The first-order valence-corrected chi connectivity index (χ1v) is 8.62. The summed E-state index contributed by atoms with van der Waals surface area (Å²) in [5.41, 5.74) is 6.13. The Morgan fingerprint density at radius 2 is 1.95 bits per heavy atom. The van der Waals surface area contributed by atoms with Crippen LogP contribution in [0.15, 0.2) is 24.3 Å². The smallest absolute Gasteiger partial charge is 0.304 e. The van der Waals surface area contributed by atoms with Crippen molar-refractivity contribution in [3.63, 3.8) is 0 Å². The zero-order valence-electron chi connectivity index (χ0n) is 12.4. The fraction of sp³-hybridized carbons (Fsp3) is 0.571. The van der Waals surface area contributed by atoms with Gasteiger partial charge >= 0.3 is 10.2 Å². The molecular weight excluding hydrogens is 290 g/mol. The van der Waals surface area contributed by atoms with Crippen molar-refractivity contribution < 1.29 is 13.2 Å². The molecule has 0 amide bonds.